The van der Waals surface area contributed by atoms with Gasteiger partial charge in [-0.2, -0.15) is 0 Å². The molecular formula is C11H16ClN5O3. The molecule has 0 aliphatic carbocycles. The fourth-order valence-corrected chi connectivity index (χ4v) is 1.65. The minimum absolute atomic E-state index is 0.00898. The summed E-state index contributed by atoms with van der Waals surface area (Å²) < 4.78 is 0. The number of hydrogen-bond acceptors (Lipinski definition) is 6. The van der Waals surface area contributed by atoms with Crippen molar-refractivity contribution in [2.75, 3.05) is 25.0 Å². The number of hydrogen-bond donors (Lipinski definition) is 1. The molecule has 20 heavy (non-hydrogen) atoms. The number of nitrogens with one attached hydrogen (secondary N) is 1. The molecule has 0 aliphatic rings. The summed E-state index contributed by atoms with van der Waals surface area (Å²) in [5, 5.41) is 13.4. The summed E-state index contributed by atoms with van der Waals surface area (Å²) in [7, 11) is 1.53. The van der Waals surface area contributed by atoms with Gasteiger partial charge in [-0.25, -0.2) is 9.97 Å². The summed E-state index contributed by atoms with van der Waals surface area (Å²) in [4.78, 5) is 30.7. The van der Waals surface area contributed by atoms with Crippen molar-refractivity contribution in [3.8, 4) is 0 Å². The Labute approximate surface area is 121 Å². The van der Waals surface area contributed by atoms with Crippen molar-refractivity contribution in [1.29, 1.82) is 0 Å². The van der Waals surface area contributed by atoms with Gasteiger partial charge in [-0.3, -0.25) is 14.9 Å². The Balaban J connectivity index is 2.82. The van der Waals surface area contributed by atoms with E-state index in [0.29, 0.717) is 12.5 Å². The van der Waals surface area contributed by atoms with Crippen LogP contribution in [-0.2, 0) is 4.79 Å². The quantitative estimate of drug-likeness (QED) is 0.482. The van der Waals surface area contributed by atoms with E-state index in [1.807, 2.05) is 13.8 Å². The lowest BCUT2D eigenvalue weighted by Crippen LogP contribution is -2.37. The maximum Gasteiger partial charge on any atom is 0.348 e. The van der Waals surface area contributed by atoms with Crippen molar-refractivity contribution in [3.05, 3.63) is 21.6 Å². The van der Waals surface area contributed by atoms with Gasteiger partial charge < -0.3 is 10.2 Å². The van der Waals surface area contributed by atoms with Crippen LogP contribution >= 0.6 is 11.6 Å². The Morgan fingerprint density at radius 1 is 1.55 bits per heavy atom. The highest BCUT2D eigenvalue weighted by molar-refractivity contribution is 6.31. The molecule has 0 saturated carbocycles. The first-order chi connectivity index (χ1) is 9.32. The third kappa shape index (κ3) is 4.30. The molecule has 1 N–H and O–H groups in total. The molecule has 1 amide bonds. The summed E-state index contributed by atoms with van der Waals surface area (Å²) in [6, 6.07) is 0. The van der Waals surface area contributed by atoms with Gasteiger partial charge in [-0.15, -0.1) is 0 Å². The van der Waals surface area contributed by atoms with Crippen molar-refractivity contribution < 1.29 is 9.72 Å². The van der Waals surface area contributed by atoms with E-state index < -0.39 is 10.6 Å². The minimum Gasteiger partial charge on any atom is -0.354 e. The second-order valence-electron chi connectivity index (χ2n) is 4.65. The van der Waals surface area contributed by atoms with Crippen LogP contribution < -0.4 is 10.2 Å². The first-order valence-electron chi connectivity index (χ1n) is 5.95. The molecule has 0 fully saturated rings. The zero-order chi connectivity index (χ0) is 15.3. The Hall–Kier alpha value is -1.96. The van der Waals surface area contributed by atoms with Crippen molar-refractivity contribution in [2.24, 2.45) is 5.92 Å². The van der Waals surface area contributed by atoms with E-state index >= 15 is 0 Å². The number of amides is 1. The summed E-state index contributed by atoms with van der Waals surface area (Å²) in [6.07, 6.45) is 1.12. The van der Waals surface area contributed by atoms with Gasteiger partial charge in [-0.1, -0.05) is 25.4 Å². The lowest BCUT2D eigenvalue weighted by Gasteiger charge is -2.17. The molecule has 0 bridgehead atoms. The molecule has 110 valence electrons. The second-order valence-corrected chi connectivity index (χ2v) is 5.01. The first kappa shape index (κ1) is 16.1. The van der Waals surface area contributed by atoms with Crippen molar-refractivity contribution in [3.63, 3.8) is 0 Å². The zero-order valence-corrected chi connectivity index (χ0v) is 12.2. The van der Waals surface area contributed by atoms with Crippen LogP contribution in [0.1, 0.15) is 13.8 Å². The number of likely N-dealkylation sites (N-methyl/N-ethyl adjacent to an activating group) is 1. The molecule has 1 aromatic heterocycles. The van der Waals surface area contributed by atoms with Crippen LogP contribution in [0.3, 0.4) is 0 Å². The molecule has 1 rings (SSSR count). The highest BCUT2D eigenvalue weighted by atomic mass is 35.5. The van der Waals surface area contributed by atoms with Crippen LogP contribution in [0.15, 0.2) is 6.33 Å². The van der Waals surface area contributed by atoms with Crippen LogP contribution in [0.5, 0.6) is 0 Å². The molecule has 0 unspecified atom stereocenters. The summed E-state index contributed by atoms with van der Waals surface area (Å²) in [5.74, 6) is 0.0898. The minimum atomic E-state index is -0.666. The van der Waals surface area contributed by atoms with E-state index in [1.54, 1.807) is 0 Å². The molecule has 0 atom stereocenters. The average molecular weight is 302 g/mol. The standard InChI is InChI=1S/C11H16ClN5O3/c1-7(2)4-13-8(18)5-16(3)11-9(17(19)20)10(12)14-6-15-11/h6-7H,4-5H2,1-3H3,(H,13,18). The van der Waals surface area contributed by atoms with Gasteiger partial charge in [0, 0.05) is 13.6 Å². The van der Waals surface area contributed by atoms with E-state index in [2.05, 4.69) is 15.3 Å². The third-order valence-electron chi connectivity index (χ3n) is 2.39. The molecule has 0 saturated heterocycles. The number of nitro groups is 1. The fourth-order valence-electron chi connectivity index (χ4n) is 1.45. The smallest absolute Gasteiger partial charge is 0.348 e. The van der Waals surface area contributed by atoms with E-state index in [9.17, 15) is 14.9 Å². The topological polar surface area (TPSA) is 101 Å². The largest absolute Gasteiger partial charge is 0.354 e. The molecule has 0 radical (unpaired) electrons. The molecule has 0 spiro atoms. The summed E-state index contributed by atoms with van der Waals surface area (Å²) in [5.41, 5.74) is -0.409. The maximum absolute atomic E-state index is 11.7. The van der Waals surface area contributed by atoms with E-state index in [-0.39, 0.29) is 23.4 Å². The van der Waals surface area contributed by atoms with E-state index in [4.69, 9.17) is 11.6 Å². The van der Waals surface area contributed by atoms with Crippen molar-refractivity contribution in [2.45, 2.75) is 13.8 Å². The predicted octanol–water partition coefficient (Wildman–Crippen LogP) is 1.25. The molecular weight excluding hydrogens is 286 g/mol. The fraction of sp³-hybridized carbons (Fsp3) is 0.545. The van der Waals surface area contributed by atoms with Crippen LogP contribution in [0.25, 0.3) is 0 Å². The van der Waals surface area contributed by atoms with Gasteiger partial charge in [-0.05, 0) is 5.92 Å². The van der Waals surface area contributed by atoms with Crippen molar-refractivity contribution >= 4 is 29.0 Å². The van der Waals surface area contributed by atoms with Gasteiger partial charge in [0.1, 0.15) is 6.33 Å². The first-order valence-corrected chi connectivity index (χ1v) is 6.33. The average Bonchev–Trinajstić information content (AvgIpc) is 2.35. The van der Waals surface area contributed by atoms with Gasteiger partial charge in [0.2, 0.25) is 16.9 Å². The summed E-state index contributed by atoms with van der Waals surface area (Å²) >= 11 is 5.69. The number of carbonyl (C=O) groups excluding carboxylic acids is 1. The van der Waals surface area contributed by atoms with Gasteiger partial charge in [0.15, 0.2) is 0 Å². The van der Waals surface area contributed by atoms with Crippen LogP contribution in [0.2, 0.25) is 5.15 Å². The monoisotopic (exact) mass is 301 g/mol. The normalized spacial score (nSPS) is 10.4. The highest BCUT2D eigenvalue weighted by Crippen LogP contribution is 2.30. The Morgan fingerprint density at radius 2 is 2.20 bits per heavy atom. The SMILES string of the molecule is CC(C)CNC(=O)CN(C)c1ncnc(Cl)c1[N+](=O)[O-]. The van der Waals surface area contributed by atoms with E-state index in [0.717, 1.165) is 6.33 Å². The van der Waals surface area contributed by atoms with Gasteiger partial charge in [0.25, 0.3) is 0 Å². The molecule has 1 aromatic rings. The number of rotatable bonds is 6. The highest BCUT2D eigenvalue weighted by Gasteiger charge is 2.25. The maximum atomic E-state index is 11.7. The van der Waals surface area contributed by atoms with Gasteiger partial charge >= 0.3 is 5.69 Å². The number of anilines is 1. The molecule has 8 nitrogen and oxygen atoms in total. The Morgan fingerprint density at radius 3 is 2.75 bits per heavy atom. The van der Waals surface area contributed by atoms with Crippen LogP contribution in [0, 0.1) is 16.0 Å². The van der Waals surface area contributed by atoms with Crippen LogP contribution in [0.4, 0.5) is 11.5 Å². The molecule has 0 aliphatic heterocycles. The number of carbonyl (C=O) groups is 1. The Kier molecular flexibility index (Phi) is 5.63. The second kappa shape index (κ2) is 6.99. The number of halogens is 1. The summed E-state index contributed by atoms with van der Waals surface area (Å²) in [6.45, 7) is 4.43. The molecule has 9 heteroatoms. The van der Waals surface area contributed by atoms with E-state index in [1.165, 1.54) is 11.9 Å². The third-order valence-corrected chi connectivity index (χ3v) is 2.67. The predicted molar refractivity (Wildman–Crippen MR) is 74.8 cm³/mol. The van der Waals surface area contributed by atoms with Crippen LogP contribution in [-0.4, -0.2) is 40.9 Å². The number of nitrogens with zero attached hydrogens (tertiary/aromatic N) is 4. The number of aromatic nitrogens is 2. The zero-order valence-electron chi connectivity index (χ0n) is 11.5. The lowest BCUT2D eigenvalue weighted by atomic mass is 10.2. The Bertz CT molecular complexity index is 509. The van der Waals surface area contributed by atoms with Gasteiger partial charge in [0.05, 0.1) is 11.5 Å². The molecule has 0 aromatic carbocycles. The van der Waals surface area contributed by atoms with Crippen molar-refractivity contribution in [1.82, 2.24) is 15.3 Å². The molecule has 1 heterocycles. The lowest BCUT2D eigenvalue weighted by molar-refractivity contribution is -0.384.